The molecule has 0 spiro atoms. The summed E-state index contributed by atoms with van der Waals surface area (Å²) in [6.07, 6.45) is 1.02. The maximum atomic E-state index is 13.8. The second kappa shape index (κ2) is 5.95. The average molecular weight is 395 g/mol. The monoisotopic (exact) mass is 394 g/mol. The van der Waals surface area contributed by atoms with Gasteiger partial charge in [0.15, 0.2) is 0 Å². The van der Waals surface area contributed by atoms with E-state index in [0.717, 1.165) is 29.8 Å². The molecule has 0 radical (unpaired) electrons. The van der Waals surface area contributed by atoms with Crippen LogP contribution in [0.15, 0.2) is 12.1 Å². The molecule has 19 heavy (non-hydrogen) atoms. The van der Waals surface area contributed by atoms with E-state index in [1.54, 1.807) is 12.1 Å². The van der Waals surface area contributed by atoms with Crippen LogP contribution in [0.5, 0.6) is 0 Å². The van der Waals surface area contributed by atoms with Crippen LogP contribution >= 0.6 is 34.2 Å². The fraction of sp³-hybridized carbons (Fsp3) is 0.500. The fourth-order valence-electron chi connectivity index (χ4n) is 2.06. The molecule has 1 heterocycles. The Hall–Kier alpha value is -0.360. The fourth-order valence-corrected chi connectivity index (χ4v) is 2.68. The first-order valence-corrected chi connectivity index (χ1v) is 7.91. The highest BCUT2D eigenvalue weighted by atomic mass is 127. The van der Waals surface area contributed by atoms with Crippen LogP contribution in [0.25, 0.3) is 11.0 Å². The quantitative estimate of drug-likeness (QED) is 0.519. The SMILES string of the molecule is CC(C)CCn1c(C(C)Cl)nc2cc(I)c(F)cc21. The lowest BCUT2D eigenvalue weighted by Crippen LogP contribution is -2.07. The largest absolute Gasteiger partial charge is 0.327 e. The second-order valence-corrected chi connectivity index (χ2v) is 6.99. The van der Waals surface area contributed by atoms with E-state index >= 15 is 0 Å². The maximum Gasteiger partial charge on any atom is 0.138 e. The molecule has 0 bridgehead atoms. The van der Waals surface area contributed by atoms with E-state index < -0.39 is 0 Å². The van der Waals surface area contributed by atoms with Gasteiger partial charge in [-0.15, -0.1) is 11.6 Å². The van der Waals surface area contributed by atoms with E-state index in [1.165, 1.54) is 0 Å². The number of halogens is 3. The van der Waals surface area contributed by atoms with E-state index in [1.807, 2.05) is 34.1 Å². The molecule has 0 aliphatic rings. The molecular weight excluding hydrogens is 378 g/mol. The van der Waals surface area contributed by atoms with Gasteiger partial charge in [-0.05, 0) is 47.9 Å². The standard InChI is InChI=1S/C14H17ClFIN2/c1-8(2)4-5-19-13-6-10(16)11(17)7-12(13)18-14(19)9(3)15/h6-9H,4-5H2,1-3H3. The number of imidazole rings is 1. The molecule has 0 saturated carbocycles. The molecule has 2 nitrogen and oxygen atoms in total. The highest BCUT2D eigenvalue weighted by molar-refractivity contribution is 14.1. The van der Waals surface area contributed by atoms with E-state index in [2.05, 4.69) is 18.8 Å². The number of rotatable bonds is 4. The molecule has 1 aromatic carbocycles. The minimum absolute atomic E-state index is 0.180. The summed E-state index contributed by atoms with van der Waals surface area (Å²) in [5, 5.41) is -0.180. The lowest BCUT2D eigenvalue weighted by molar-refractivity contribution is 0.511. The predicted octanol–water partition coefficient (Wildman–Crippen LogP) is 5.13. The van der Waals surface area contributed by atoms with E-state index in [4.69, 9.17) is 11.6 Å². The lowest BCUT2D eigenvalue weighted by Gasteiger charge is -2.12. The van der Waals surface area contributed by atoms with Gasteiger partial charge < -0.3 is 4.57 Å². The van der Waals surface area contributed by atoms with Gasteiger partial charge in [-0.1, -0.05) is 13.8 Å². The van der Waals surface area contributed by atoms with Gasteiger partial charge in [0.25, 0.3) is 0 Å². The highest BCUT2D eigenvalue weighted by Crippen LogP contribution is 2.27. The van der Waals surface area contributed by atoms with Gasteiger partial charge in [-0.2, -0.15) is 0 Å². The first kappa shape index (κ1) is 15.0. The number of fused-ring (bicyclic) bond motifs is 1. The van der Waals surface area contributed by atoms with Gasteiger partial charge in [0.2, 0.25) is 0 Å². The van der Waals surface area contributed by atoms with Crippen molar-refractivity contribution < 1.29 is 4.39 Å². The second-order valence-electron chi connectivity index (χ2n) is 5.18. The first-order chi connectivity index (χ1) is 8.90. The van der Waals surface area contributed by atoms with Crippen LogP contribution in [0, 0.1) is 15.3 Å². The highest BCUT2D eigenvalue weighted by Gasteiger charge is 2.16. The zero-order chi connectivity index (χ0) is 14.2. The van der Waals surface area contributed by atoms with Crippen molar-refractivity contribution in [1.82, 2.24) is 9.55 Å². The third kappa shape index (κ3) is 3.21. The van der Waals surface area contributed by atoms with E-state index in [9.17, 15) is 4.39 Å². The van der Waals surface area contributed by atoms with Crippen LogP contribution in [0.1, 0.15) is 38.4 Å². The van der Waals surface area contributed by atoms with Crippen molar-refractivity contribution in [3.8, 4) is 0 Å². The average Bonchev–Trinajstić information content (AvgIpc) is 2.65. The number of hydrogen-bond donors (Lipinski definition) is 0. The van der Waals surface area contributed by atoms with Crippen molar-refractivity contribution >= 4 is 45.2 Å². The van der Waals surface area contributed by atoms with Crippen molar-refractivity contribution in [2.75, 3.05) is 0 Å². The van der Waals surface area contributed by atoms with Gasteiger partial charge >= 0.3 is 0 Å². The number of hydrogen-bond acceptors (Lipinski definition) is 1. The molecule has 104 valence electrons. The Morgan fingerprint density at radius 3 is 2.63 bits per heavy atom. The molecule has 1 aromatic heterocycles. The zero-order valence-corrected chi connectivity index (χ0v) is 14.2. The molecule has 0 N–H and O–H groups in total. The number of aromatic nitrogens is 2. The normalized spacial score (nSPS) is 13.4. The minimum Gasteiger partial charge on any atom is -0.327 e. The van der Waals surface area contributed by atoms with Crippen LogP contribution in [-0.2, 0) is 6.54 Å². The van der Waals surface area contributed by atoms with E-state index in [0.29, 0.717) is 9.49 Å². The van der Waals surface area contributed by atoms with Crippen molar-refractivity contribution in [3.05, 3.63) is 27.3 Å². The summed E-state index contributed by atoms with van der Waals surface area (Å²) in [6, 6.07) is 3.34. The maximum absolute atomic E-state index is 13.8. The van der Waals surface area contributed by atoms with Crippen LogP contribution in [-0.4, -0.2) is 9.55 Å². The van der Waals surface area contributed by atoms with Crippen molar-refractivity contribution in [1.29, 1.82) is 0 Å². The molecule has 1 atom stereocenters. The molecule has 0 amide bonds. The Balaban J connectivity index is 2.55. The third-order valence-corrected chi connectivity index (χ3v) is 4.13. The molecule has 5 heteroatoms. The topological polar surface area (TPSA) is 17.8 Å². The first-order valence-electron chi connectivity index (χ1n) is 6.39. The van der Waals surface area contributed by atoms with Gasteiger partial charge in [-0.25, -0.2) is 9.37 Å². The molecule has 0 aliphatic carbocycles. The number of benzene rings is 1. The van der Waals surface area contributed by atoms with Crippen LogP contribution < -0.4 is 0 Å². The van der Waals surface area contributed by atoms with Crippen molar-refractivity contribution in [2.24, 2.45) is 5.92 Å². The molecule has 2 rings (SSSR count). The smallest absolute Gasteiger partial charge is 0.138 e. The Labute approximate surface area is 131 Å². The Morgan fingerprint density at radius 1 is 1.37 bits per heavy atom. The minimum atomic E-state index is -0.201. The molecule has 0 fully saturated rings. The predicted molar refractivity (Wildman–Crippen MR) is 86.1 cm³/mol. The number of alkyl halides is 1. The Bertz CT molecular complexity index is 593. The number of nitrogens with zero attached hydrogens (tertiary/aromatic N) is 2. The van der Waals surface area contributed by atoms with Crippen LogP contribution in [0.2, 0.25) is 0 Å². The van der Waals surface area contributed by atoms with Crippen LogP contribution in [0.3, 0.4) is 0 Å². The summed E-state index contributed by atoms with van der Waals surface area (Å²) >= 11 is 8.18. The summed E-state index contributed by atoms with van der Waals surface area (Å²) in [6.45, 7) is 7.06. The zero-order valence-electron chi connectivity index (χ0n) is 11.3. The molecule has 0 saturated heterocycles. The van der Waals surface area contributed by atoms with Gasteiger partial charge in [0.1, 0.15) is 11.6 Å². The molecule has 0 aliphatic heterocycles. The summed E-state index contributed by atoms with van der Waals surface area (Å²) in [5.74, 6) is 1.20. The molecule has 1 unspecified atom stereocenters. The summed E-state index contributed by atoms with van der Waals surface area (Å²) in [5.41, 5.74) is 1.65. The van der Waals surface area contributed by atoms with E-state index in [-0.39, 0.29) is 11.2 Å². The molecule has 2 aromatic rings. The summed E-state index contributed by atoms with van der Waals surface area (Å²) < 4.78 is 16.4. The molecular formula is C14H17ClFIN2. The van der Waals surface area contributed by atoms with Crippen molar-refractivity contribution in [2.45, 2.75) is 39.1 Å². The van der Waals surface area contributed by atoms with Crippen LogP contribution in [0.4, 0.5) is 4.39 Å². The third-order valence-electron chi connectivity index (χ3n) is 3.11. The Morgan fingerprint density at radius 2 is 2.05 bits per heavy atom. The number of aryl methyl sites for hydroxylation is 1. The van der Waals surface area contributed by atoms with Gasteiger partial charge in [0.05, 0.1) is 20.0 Å². The summed E-state index contributed by atoms with van der Waals surface area (Å²) in [7, 11) is 0. The van der Waals surface area contributed by atoms with Crippen molar-refractivity contribution in [3.63, 3.8) is 0 Å². The van der Waals surface area contributed by atoms with Gasteiger partial charge in [0, 0.05) is 12.6 Å². The van der Waals surface area contributed by atoms with Gasteiger partial charge in [-0.3, -0.25) is 0 Å². The lowest BCUT2D eigenvalue weighted by atomic mass is 10.1. The Kier molecular flexibility index (Phi) is 4.71. The summed E-state index contributed by atoms with van der Waals surface area (Å²) in [4.78, 5) is 4.55.